The summed E-state index contributed by atoms with van der Waals surface area (Å²) in [5.74, 6) is 1.78. The highest BCUT2D eigenvalue weighted by Crippen LogP contribution is 2.23. The molecular formula is C20H25NO. The Morgan fingerprint density at radius 3 is 2.68 bits per heavy atom. The van der Waals surface area contributed by atoms with Crippen LogP contribution in [0.15, 0.2) is 48.5 Å². The summed E-state index contributed by atoms with van der Waals surface area (Å²) in [4.78, 5) is 0. The minimum absolute atomic E-state index is 0.633. The predicted octanol–water partition coefficient (Wildman–Crippen LogP) is 4.12. The minimum Gasteiger partial charge on any atom is -0.489 e. The summed E-state index contributed by atoms with van der Waals surface area (Å²) >= 11 is 0. The van der Waals surface area contributed by atoms with E-state index < -0.39 is 0 Å². The van der Waals surface area contributed by atoms with E-state index in [0.29, 0.717) is 6.61 Å². The van der Waals surface area contributed by atoms with Crippen molar-refractivity contribution in [1.29, 1.82) is 0 Å². The first kappa shape index (κ1) is 15.1. The van der Waals surface area contributed by atoms with Gasteiger partial charge >= 0.3 is 0 Å². The summed E-state index contributed by atoms with van der Waals surface area (Å²) in [5.41, 5.74) is 3.87. The van der Waals surface area contributed by atoms with Crippen molar-refractivity contribution in [3.8, 4) is 5.75 Å². The van der Waals surface area contributed by atoms with E-state index >= 15 is 0 Å². The number of aryl methyl sites for hydroxylation is 1. The van der Waals surface area contributed by atoms with Crippen molar-refractivity contribution in [1.82, 2.24) is 5.32 Å². The molecule has 0 bridgehead atoms. The van der Waals surface area contributed by atoms with Crippen LogP contribution in [0, 0.1) is 12.8 Å². The number of piperidine rings is 1. The average Bonchev–Trinajstić information content (AvgIpc) is 2.56. The van der Waals surface area contributed by atoms with Gasteiger partial charge in [0, 0.05) is 0 Å². The molecule has 1 unspecified atom stereocenters. The molecule has 0 aliphatic carbocycles. The standard InChI is InChI=1S/C20H25NO/c1-16-12-18(13-19-8-5-11-21-14-19)9-10-20(16)22-15-17-6-3-2-4-7-17/h2-4,6-7,9-10,12,19,21H,5,8,11,13-15H2,1H3. The van der Waals surface area contributed by atoms with Crippen molar-refractivity contribution >= 4 is 0 Å². The Hall–Kier alpha value is -1.80. The molecule has 116 valence electrons. The van der Waals surface area contributed by atoms with Gasteiger partial charge in [-0.05, 0) is 68.0 Å². The molecule has 0 aromatic heterocycles. The van der Waals surface area contributed by atoms with E-state index in [0.717, 1.165) is 18.2 Å². The van der Waals surface area contributed by atoms with Crippen LogP contribution in [-0.4, -0.2) is 13.1 Å². The molecule has 2 aromatic carbocycles. The second kappa shape index (κ2) is 7.46. The van der Waals surface area contributed by atoms with Gasteiger partial charge in [-0.1, -0.05) is 42.5 Å². The van der Waals surface area contributed by atoms with Crippen molar-refractivity contribution in [3.05, 3.63) is 65.2 Å². The van der Waals surface area contributed by atoms with E-state index in [1.54, 1.807) is 0 Å². The van der Waals surface area contributed by atoms with Gasteiger partial charge in [0.05, 0.1) is 0 Å². The van der Waals surface area contributed by atoms with E-state index in [4.69, 9.17) is 4.74 Å². The van der Waals surface area contributed by atoms with Crippen molar-refractivity contribution in [2.75, 3.05) is 13.1 Å². The summed E-state index contributed by atoms with van der Waals surface area (Å²) in [6.07, 6.45) is 3.83. The Morgan fingerprint density at radius 2 is 1.95 bits per heavy atom. The Morgan fingerprint density at radius 1 is 1.09 bits per heavy atom. The van der Waals surface area contributed by atoms with Crippen LogP contribution >= 0.6 is 0 Å². The van der Waals surface area contributed by atoms with Crippen LogP contribution in [0.2, 0.25) is 0 Å². The first-order valence-electron chi connectivity index (χ1n) is 8.28. The van der Waals surface area contributed by atoms with E-state index in [1.807, 2.05) is 18.2 Å². The van der Waals surface area contributed by atoms with E-state index in [9.17, 15) is 0 Å². The van der Waals surface area contributed by atoms with E-state index in [2.05, 4.69) is 42.6 Å². The molecule has 0 saturated carbocycles. The van der Waals surface area contributed by atoms with Crippen molar-refractivity contribution in [2.24, 2.45) is 5.92 Å². The molecule has 1 aliphatic rings. The van der Waals surface area contributed by atoms with Gasteiger partial charge in [0.25, 0.3) is 0 Å². The summed E-state index contributed by atoms with van der Waals surface area (Å²) < 4.78 is 5.96. The largest absolute Gasteiger partial charge is 0.489 e. The highest BCUT2D eigenvalue weighted by molar-refractivity contribution is 5.36. The maximum absolute atomic E-state index is 5.96. The summed E-state index contributed by atoms with van der Waals surface area (Å²) in [7, 11) is 0. The van der Waals surface area contributed by atoms with Gasteiger partial charge in [-0.2, -0.15) is 0 Å². The van der Waals surface area contributed by atoms with Crippen LogP contribution in [0.4, 0.5) is 0 Å². The number of hydrogen-bond donors (Lipinski definition) is 1. The molecular weight excluding hydrogens is 270 g/mol. The summed E-state index contributed by atoms with van der Waals surface area (Å²) in [5, 5.41) is 3.49. The zero-order valence-corrected chi connectivity index (χ0v) is 13.3. The normalized spacial score (nSPS) is 18.1. The molecule has 2 aromatic rings. The SMILES string of the molecule is Cc1cc(CC2CCCNC2)ccc1OCc1ccccc1. The van der Waals surface area contributed by atoms with Crippen LogP contribution in [0.25, 0.3) is 0 Å². The fourth-order valence-electron chi connectivity index (χ4n) is 3.17. The molecule has 1 fully saturated rings. The number of rotatable bonds is 5. The molecule has 1 heterocycles. The zero-order chi connectivity index (χ0) is 15.2. The minimum atomic E-state index is 0.633. The smallest absolute Gasteiger partial charge is 0.122 e. The Balaban J connectivity index is 1.59. The highest BCUT2D eigenvalue weighted by atomic mass is 16.5. The summed E-state index contributed by atoms with van der Waals surface area (Å²) in [6, 6.07) is 17.0. The number of ether oxygens (including phenoxy) is 1. The van der Waals surface area contributed by atoms with Gasteiger partial charge in [0.15, 0.2) is 0 Å². The van der Waals surface area contributed by atoms with Crippen molar-refractivity contribution in [3.63, 3.8) is 0 Å². The maximum Gasteiger partial charge on any atom is 0.122 e. The number of nitrogens with one attached hydrogen (secondary N) is 1. The third-order valence-electron chi connectivity index (χ3n) is 4.40. The first-order valence-corrected chi connectivity index (χ1v) is 8.28. The Labute approximate surface area is 133 Å². The quantitative estimate of drug-likeness (QED) is 0.896. The van der Waals surface area contributed by atoms with Crippen LogP contribution < -0.4 is 10.1 Å². The Kier molecular flexibility index (Phi) is 5.12. The topological polar surface area (TPSA) is 21.3 Å². The Bertz CT molecular complexity index is 588. The van der Waals surface area contributed by atoms with Crippen LogP contribution in [-0.2, 0) is 13.0 Å². The lowest BCUT2D eigenvalue weighted by Gasteiger charge is -2.23. The molecule has 2 nitrogen and oxygen atoms in total. The molecule has 1 aliphatic heterocycles. The van der Waals surface area contributed by atoms with Crippen LogP contribution in [0.5, 0.6) is 5.75 Å². The molecule has 22 heavy (non-hydrogen) atoms. The van der Waals surface area contributed by atoms with E-state index in [1.165, 1.54) is 42.5 Å². The fourth-order valence-corrected chi connectivity index (χ4v) is 3.17. The maximum atomic E-state index is 5.96. The van der Waals surface area contributed by atoms with E-state index in [-0.39, 0.29) is 0 Å². The van der Waals surface area contributed by atoms with Crippen molar-refractivity contribution < 1.29 is 4.74 Å². The molecule has 2 heteroatoms. The first-order chi connectivity index (χ1) is 10.8. The third-order valence-corrected chi connectivity index (χ3v) is 4.40. The van der Waals surface area contributed by atoms with Gasteiger partial charge < -0.3 is 10.1 Å². The molecule has 1 atom stereocenters. The zero-order valence-electron chi connectivity index (χ0n) is 13.3. The second-order valence-corrected chi connectivity index (χ2v) is 6.29. The lowest BCUT2D eigenvalue weighted by Crippen LogP contribution is -2.30. The lowest BCUT2D eigenvalue weighted by molar-refractivity contribution is 0.304. The lowest BCUT2D eigenvalue weighted by atomic mass is 9.92. The molecule has 3 rings (SSSR count). The van der Waals surface area contributed by atoms with Gasteiger partial charge in [0.2, 0.25) is 0 Å². The number of hydrogen-bond acceptors (Lipinski definition) is 2. The van der Waals surface area contributed by atoms with Crippen LogP contribution in [0.1, 0.15) is 29.5 Å². The van der Waals surface area contributed by atoms with Gasteiger partial charge in [-0.15, -0.1) is 0 Å². The second-order valence-electron chi connectivity index (χ2n) is 6.29. The molecule has 1 N–H and O–H groups in total. The molecule has 0 amide bonds. The summed E-state index contributed by atoms with van der Waals surface area (Å²) in [6.45, 7) is 5.11. The van der Waals surface area contributed by atoms with Gasteiger partial charge in [-0.25, -0.2) is 0 Å². The van der Waals surface area contributed by atoms with Gasteiger partial charge in [-0.3, -0.25) is 0 Å². The molecule has 1 saturated heterocycles. The number of benzene rings is 2. The fraction of sp³-hybridized carbons (Fsp3) is 0.400. The monoisotopic (exact) mass is 295 g/mol. The highest BCUT2D eigenvalue weighted by Gasteiger charge is 2.14. The average molecular weight is 295 g/mol. The molecule has 0 spiro atoms. The van der Waals surface area contributed by atoms with Crippen LogP contribution in [0.3, 0.4) is 0 Å². The predicted molar refractivity (Wildman–Crippen MR) is 91.3 cm³/mol. The van der Waals surface area contributed by atoms with Gasteiger partial charge in [0.1, 0.15) is 12.4 Å². The third kappa shape index (κ3) is 4.11. The van der Waals surface area contributed by atoms with Crippen molar-refractivity contribution in [2.45, 2.75) is 32.8 Å². The molecule has 0 radical (unpaired) electrons.